The SMILES string of the molecule is O=C(NCc1ccnc(-c2ccco2)c1)c1ccc(F)cc1Cl. The Labute approximate surface area is 136 Å². The number of hydrogen-bond acceptors (Lipinski definition) is 3. The molecule has 0 aliphatic rings. The van der Waals surface area contributed by atoms with E-state index in [1.165, 1.54) is 12.1 Å². The summed E-state index contributed by atoms with van der Waals surface area (Å²) in [7, 11) is 0. The Morgan fingerprint density at radius 1 is 1.26 bits per heavy atom. The molecule has 4 nitrogen and oxygen atoms in total. The fraction of sp³-hybridized carbons (Fsp3) is 0.0588. The van der Waals surface area contributed by atoms with E-state index < -0.39 is 5.82 Å². The molecule has 0 fully saturated rings. The second kappa shape index (κ2) is 6.62. The number of carbonyl (C=O) groups is 1. The van der Waals surface area contributed by atoms with Gasteiger partial charge in [0.05, 0.1) is 16.8 Å². The Kier molecular flexibility index (Phi) is 4.39. The van der Waals surface area contributed by atoms with E-state index in [-0.39, 0.29) is 16.5 Å². The number of aromatic nitrogens is 1. The van der Waals surface area contributed by atoms with Crippen molar-refractivity contribution in [1.29, 1.82) is 0 Å². The van der Waals surface area contributed by atoms with Gasteiger partial charge in [-0.25, -0.2) is 4.39 Å². The summed E-state index contributed by atoms with van der Waals surface area (Å²) in [6.07, 6.45) is 3.21. The van der Waals surface area contributed by atoms with Crippen LogP contribution in [0, 0.1) is 5.82 Å². The molecule has 23 heavy (non-hydrogen) atoms. The molecule has 2 heterocycles. The Morgan fingerprint density at radius 3 is 2.87 bits per heavy atom. The predicted octanol–water partition coefficient (Wildman–Crippen LogP) is 4.06. The number of hydrogen-bond donors (Lipinski definition) is 1. The van der Waals surface area contributed by atoms with Crippen LogP contribution in [0.15, 0.2) is 59.3 Å². The molecule has 3 rings (SSSR count). The summed E-state index contributed by atoms with van der Waals surface area (Å²) in [5, 5.41) is 2.82. The van der Waals surface area contributed by atoms with Crippen molar-refractivity contribution in [3.05, 3.63) is 76.9 Å². The van der Waals surface area contributed by atoms with E-state index in [0.29, 0.717) is 18.0 Å². The summed E-state index contributed by atoms with van der Waals surface area (Å²) < 4.78 is 18.3. The molecule has 0 unspecified atom stereocenters. The zero-order valence-corrected chi connectivity index (χ0v) is 12.7. The van der Waals surface area contributed by atoms with Gasteiger partial charge in [-0.05, 0) is 48.0 Å². The minimum atomic E-state index is -0.483. The van der Waals surface area contributed by atoms with Crippen molar-refractivity contribution in [2.24, 2.45) is 0 Å². The Morgan fingerprint density at radius 2 is 2.13 bits per heavy atom. The van der Waals surface area contributed by atoms with Gasteiger partial charge < -0.3 is 9.73 Å². The molecule has 0 aliphatic carbocycles. The number of benzene rings is 1. The topological polar surface area (TPSA) is 55.1 Å². The zero-order chi connectivity index (χ0) is 16.2. The second-order valence-electron chi connectivity index (χ2n) is 4.83. The van der Waals surface area contributed by atoms with Crippen LogP contribution in [0.2, 0.25) is 5.02 Å². The van der Waals surface area contributed by atoms with E-state index >= 15 is 0 Å². The number of halogens is 2. The lowest BCUT2D eigenvalue weighted by molar-refractivity contribution is 0.0951. The number of rotatable bonds is 4. The lowest BCUT2D eigenvalue weighted by Crippen LogP contribution is -2.23. The van der Waals surface area contributed by atoms with Crippen molar-refractivity contribution in [2.75, 3.05) is 0 Å². The average Bonchev–Trinajstić information content (AvgIpc) is 3.07. The molecule has 0 bridgehead atoms. The van der Waals surface area contributed by atoms with E-state index in [1.54, 1.807) is 24.6 Å². The fourth-order valence-electron chi connectivity index (χ4n) is 2.09. The van der Waals surface area contributed by atoms with E-state index in [4.69, 9.17) is 16.0 Å². The van der Waals surface area contributed by atoms with Gasteiger partial charge >= 0.3 is 0 Å². The number of nitrogens with one attached hydrogen (secondary N) is 1. The standard InChI is InChI=1S/C17H12ClFN2O2/c18-14-9-12(19)3-4-13(14)17(22)21-10-11-5-6-20-15(8-11)16-2-1-7-23-16/h1-9H,10H2,(H,21,22). The molecule has 0 saturated heterocycles. The third-order valence-corrected chi connectivity index (χ3v) is 3.54. The van der Waals surface area contributed by atoms with Crippen LogP contribution in [0.25, 0.3) is 11.5 Å². The minimum absolute atomic E-state index is 0.0773. The van der Waals surface area contributed by atoms with Gasteiger partial charge in [0.2, 0.25) is 0 Å². The normalized spacial score (nSPS) is 10.5. The molecule has 6 heteroatoms. The lowest BCUT2D eigenvalue weighted by atomic mass is 10.1. The van der Waals surface area contributed by atoms with Gasteiger partial charge in [0.1, 0.15) is 11.5 Å². The van der Waals surface area contributed by atoms with Crippen LogP contribution in [-0.2, 0) is 6.54 Å². The van der Waals surface area contributed by atoms with Crippen LogP contribution < -0.4 is 5.32 Å². The average molecular weight is 331 g/mol. The first-order valence-electron chi connectivity index (χ1n) is 6.85. The molecule has 0 radical (unpaired) electrons. The molecule has 0 atom stereocenters. The second-order valence-corrected chi connectivity index (χ2v) is 5.24. The van der Waals surface area contributed by atoms with E-state index in [1.807, 2.05) is 12.1 Å². The molecule has 0 spiro atoms. The minimum Gasteiger partial charge on any atom is -0.463 e. The van der Waals surface area contributed by atoms with Gasteiger partial charge in [-0.2, -0.15) is 0 Å². The van der Waals surface area contributed by atoms with Gasteiger partial charge in [0.15, 0.2) is 5.76 Å². The van der Waals surface area contributed by atoms with Crippen molar-refractivity contribution in [2.45, 2.75) is 6.54 Å². The molecule has 1 N–H and O–H groups in total. The third kappa shape index (κ3) is 3.57. The fourth-order valence-corrected chi connectivity index (χ4v) is 2.35. The molecular formula is C17H12ClFN2O2. The van der Waals surface area contributed by atoms with Crippen LogP contribution >= 0.6 is 11.6 Å². The summed E-state index contributed by atoms with van der Waals surface area (Å²) in [6, 6.07) is 10.9. The Balaban J connectivity index is 1.71. The lowest BCUT2D eigenvalue weighted by Gasteiger charge is -2.07. The molecule has 116 valence electrons. The maximum absolute atomic E-state index is 13.0. The van der Waals surface area contributed by atoms with Gasteiger partial charge in [0, 0.05) is 12.7 Å². The summed E-state index contributed by atoms with van der Waals surface area (Å²) in [5.74, 6) is -0.199. The maximum Gasteiger partial charge on any atom is 0.253 e. The number of amides is 1. The summed E-state index contributed by atoms with van der Waals surface area (Å²) in [5.41, 5.74) is 1.77. The molecule has 0 saturated carbocycles. The monoisotopic (exact) mass is 330 g/mol. The van der Waals surface area contributed by atoms with Crippen molar-refractivity contribution in [3.8, 4) is 11.5 Å². The zero-order valence-electron chi connectivity index (χ0n) is 11.9. The summed E-state index contributed by atoms with van der Waals surface area (Å²) in [6.45, 7) is 0.294. The van der Waals surface area contributed by atoms with Crippen LogP contribution in [-0.4, -0.2) is 10.9 Å². The Bertz CT molecular complexity index is 834. The Hall–Kier alpha value is -2.66. The highest BCUT2D eigenvalue weighted by Crippen LogP contribution is 2.19. The van der Waals surface area contributed by atoms with Crippen molar-refractivity contribution in [3.63, 3.8) is 0 Å². The van der Waals surface area contributed by atoms with Gasteiger partial charge in [-0.1, -0.05) is 11.6 Å². The first-order chi connectivity index (χ1) is 11.1. The van der Waals surface area contributed by atoms with E-state index in [0.717, 1.165) is 11.6 Å². The third-order valence-electron chi connectivity index (χ3n) is 3.23. The number of pyridine rings is 1. The molecule has 2 aromatic heterocycles. The molecule has 3 aromatic rings. The first kappa shape index (κ1) is 15.2. The highest BCUT2D eigenvalue weighted by Gasteiger charge is 2.11. The number of furan rings is 1. The van der Waals surface area contributed by atoms with Gasteiger partial charge in [-0.15, -0.1) is 0 Å². The van der Waals surface area contributed by atoms with E-state index in [2.05, 4.69) is 10.3 Å². The highest BCUT2D eigenvalue weighted by molar-refractivity contribution is 6.33. The predicted molar refractivity (Wildman–Crippen MR) is 84.5 cm³/mol. The number of carbonyl (C=O) groups excluding carboxylic acids is 1. The van der Waals surface area contributed by atoms with Gasteiger partial charge in [0.25, 0.3) is 5.91 Å². The molecular weight excluding hydrogens is 319 g/mol. The van der Waals surface area contributed by atoms with Crippen molar-refractivity contribution >= 4 is 17.5 Å². The molecule has 0 aliphatic heterocycles. The maximum atomic E-state index is 13.0. The van der Waals surface area contributed by atoms with Gasteiger partial charge in [-0.3, -0.25) is 9.78 Å². The van der Waals surface area contributed by atoms with Crippen molar-refractivity contribution < 1.29 is 13.6 Å². The van der Waals surface area contributed by atoms with Crippen molar-refractivity contribution in [1.82, 2.24) is 10.3 Å². The molecule has 1 aromatic carbocycles. The largest absolute Gasteiger partial charge is 0.463 e. The number of nitrogens with zero attached hydrogens (tertiary/aromatic N) is 1. The smallest absolute Gasteiger partial charge is 0.253 e. The van der Waals surface area contributed by atoms with Crippen LogP contribution in [0.4, 0.5) is 4.39 Å². The van der Waals surface area contributed by atoms with E-state index in [9.17, 15) is 9.18 Å². The highest BCUT2D eigenvalue weighted by atomic mass is 35.5. The summed E-state index contributed by atoms with van der Waals surface area (Å²) in [4.78, 5) is 16.3. The first-order valence-corrected chi connectivity index (χ1v) is 7.23. The van der Waals surface area contributed by atoms with Crippen LogP contribution in [0.5, 0.6) is 0 Å². The summed E-state index contributed by atoms with van der Waals surface area (Å²) >= 11 is 5.88. The molecule has 1 amide bonds. The quantitative estimate of drug-likeness (QED) is 0.784. The van der Waals surface area contributed by atoms with Crippen LogP contribution in [0.3, 0.4) is 0 Å². The van der Waals surface area contributed by atoms with Crippen LogP contribution in [0.1, 0.15) is 15.9 Å².